The Morgan fingerprint density at radius 1 is 1.00 bits per heavy atom. The van der Waals surface area contributed by atoms with Crippen molar-refractivity contribution in [2.24, 2.45) is 5.14 Å². The Bertz CT molecular complexity index is 759. The first kappa shape index (κ1) is 16.7. The normalized spacial score (nSPS) is 11.0. The third-order valence-corrected chi connectivity index (χ3v) is 4.41. The first-order chi connectivity index (χ1) is 10.3. The Morgan fingerprint density at radius 2 is 1.55 bits per heavy atom. The van der Waals surface area contributed by atoms with E-state index in [0.717, 1.165) is 9.26 Å². The summed E-state index contributed by atoms with van der Waals surface area (Å²) in [4.78, 5) is 11.8. The van der Waals surface area contributed by atoms with Crippen molar-refractivity contribution < 1.29 is 13.2 Å². The zero-order chi connectivity index (χ0) is 16.2. The van der Waals surface area contributed by atoms with Crippen molar-refractivity contribution >= 4 is 49.9 Å². The van der Waals surface area contributed by atoms with Crippen molar-refractivity contribution in [2.45, 2.75) is 4.90 Å². The number of primary sulfonamides is 1. The number of hydrogen-bond acceptors (Lipinski definition) is 4. The van der Waals surface area contributed by atoms with Gasteiger partial charge in [0.25, 0.3) is 0 Å². The Kier molecular flexibility index (Phi) is 5.37. The van der Waals surface area contributed by atoms with Crippen LogP contribution in [0, 0.1) is 3.57 Å². The van der Waals surface area contributed by atoms with Gasteiger partial charge in [0, 0.05) is 14.9 Å². The van der Waals surface area contributed by atoms with Crippen LogP contribution < -0.4 is 15.8 Å². The standard InChI is InChI=1S/C14H14IN3O3S/c15-10-1-3-11(4-2-10)17-9-14(19)18-12-5-7-13(8-6-12)22(16,20)21/h1-8,17H,9H2,(H,18,19)(H2,16,20,21). The molecule has 2 aromatic rings. The molecule has 0 bridgehead atoms. The average molecular weight is 431 g/mol. The Labute approximate surface area is 142 Å². The number of sulfonamides is 1. The molecular weight excluding hydrogens is 417 g/mol. The minimum atomic E-state index is -3.72. The van der Waals surface area contributed by atoms with Gasteiger partial charge in [-0.25, -0.2) is 13.6 Å². The van der Waals surface area contributed by atoms with E-state index in [4.69, 9.17) is 5.14 Å². The SMILES string of the molecule is NS(=O)(=O)c1ccc(NC(=O)CNc2ccc(I)cc2)cc1. The number of halogens is 1. The molecule has 0 unspecified atom stereocenters. The Morgan fingerprint density at radius 3 is 2.09 bits per heavy atom. The molecule has 0 fully saturated rings. The smallest absolute Gasteiger partial charge is 0.243 e. The van der Waals surface area contributed by atoms with Crippen LogP contribution >= 0.6 is 22.6 Å². The number of anilines is 2. The predicted octanol–water partition coefficient (Wildman–Crippen LogP) is 1.99. The van der Waals surface area contributed by atoms with Gasteiger partial charge in [0.15, 0.2) is 0 Å². The molecule has 0 aliphatic carbocycles. The van der Waals surface area contributed by atoms with Crippen LogP contribution in [-0.4, -0.2) is 20.9 Å². The summed E-state index contributed by atoms with van der Waals surface area (Å²) in [7, 11) is -3.72. The van der Waals surface area contributed by atoms with Crippen LogP contribution in [0.5, 0.6) is 0 Å². The molecular formula is C14H14IN3O3S. The number of hydrogen-bond donors (Lipinski definition) is 3. The quantitative estimate of drug-likeness (QED) is 0.631. The molecule has 0 aliphatic rings. The lowest BCUT2D eigenvalue weighted by Gasteiger charge is -2.08. The monoisotopic (exact) mass is 431 g/mol. The molecule has 22 heavy (non-hydrogen) atoms. The number of nitrogens with one attached hydrogen (secondary N) is 2. The second kappa shape index (κ2) is 7.07. The molecule has 2 aromatic carbocycles. The lowest BCUT2D eigenvalue weighted by atomic mass is 10.3. The Hall–Kier alpha value is -1.65. The summed E-state index contributed by atoms with van der Waals surface area (Å²) >= 11 is 2.20. The molecule has 0 saturated carbocycles. The van der Waals surface area contributed by atoms with Crippen molar-refractivity contribution in [1.29, 1.82) is 0 Å². The molecule has 4 N–H and O–H groups in total. The molecule has 0 radical (unpaired) electrons. The van der Waals surface area contributed by atoms with Crippen LogP contribution in [0.3, 0.4) is 0 Å². The molecule has 2 rings (SSSR count). The molecule has 0 saturated heterocycles. The molecule has 0 heterocycles. The highest BCUT2D eigenvalue weighted by atomic mass is 127. The summed E-state index contributed by atoms with van der Waals surface area (Å²) in [6, 6.07) is 13.3. The number of benzene rings is 2. The first-order valence-electron chi connectivity index (χ1n) is 6.27. The average Bonchev–Trinajstić information content (AvgIpc) is 2.46. The van der Waals surface area contributed by atoms with E-state index in [1.165, 1.54) is 24.3 Å². The molecule has 0 atom stereocenters. The summed E-state index contributed by atoms with van der Waals surface area (Å²) in [5.74, 6) is -0.234. The highest BCUT2D eigenvalue weighted by Crippen LogP contribution is 2.13. The number of amides is 1. The van der Waals surface area contributed by atoms with Crippen molar-refractivity contribution in [3.63, 3.8) is 0 Å². The van der Waals surface area contributed by atoms with Crippen molar-refractivity contribution in [3.8, 4) is 0 Å². The molecule has 0 aliphatic heterocycles. The zero-order valence-corrected chi connectivity index (χ0v) is 14.4. The first-order valence-corrected chi connectivity index (χ1v) is 8.89. The molecule has 8 heteroatoms. The fourth-order valence-corrected chi connectivity index (χ4v) is 2.56. The van der Waals surface area contributed by atoms with Crippen LogP contribution in [0.2, 0.25) is 0 Å². The van der Waals surface area contributed by atoms with Gasteiger partial charge in [0.05, 0.1) is 11.4 Å². The lowest BCUT2D eigenvalue weighted by Crippen LogP contribution is -2.21. The summed E-state index contributed by atoms with van der Waals surface area (Å²) in [6.45, 7) is 0.109. The zero-order valence-electron chi connectivity index (χ0n) is 11.4. The van der Waals surface area contributed by atoms with Crippen molar-refractivity contribution in [1.82, 2.24) is 0 Å². The van der Waals surface area contributed by atoms with E-state index in [1.54, 1.807) is 0 Å². The van der Waals surface area contributed by atoms with E-state index >= 15 is 0 Å². The Balaban J connectivity index is 1.90. The number of nitrogens with two attached hydrogens (primary N) is 1. The maximum absolute atomic E-state index is 11.8. The minimum absolute atomic E-state index is 0.00233. The van der Waals surface area contributed by atoms with Crippen molar-refractivity contribution in [2.75, 3.05) is 17.2 Å². The molecule has 116 valence electrons. The van der Waals surface area contributed by atoms with Gasteiger partial charge in [-0.15, -0.1) is 0 Å². The maximum atomic E-state index is 11.8. The van der Waals surface area contributed by atoms with Crippen LogP contribution in [0.15, 0.2) is 53.4 Å². The molecule has 0 aromatic heterocycles. The molecule has 0 spiro atoms. The largest absolute Gasteiger partial charge is 0.376 e. The lowest BCUT2D eigenvalue weighted by molar-refractivity contribution is -0.114. The van der Waals surface area contributed by atoms with Crippen molar-refractivity contribution in [3.05, 3.63) is 52.1 Å². The van der Waals surface area contributed by atoms with E-state index in [-0.39, 0.29) is 17.3 Å². The third kappa shape index (κ3) is 4.97. The second-order valence-electron chi connectivity index (χ2n) is 4.48. The molecule has 6 nitrogen and oxygen atoms in total. The van der Waals surface area contributed by atoms with Gasteiger partial charge in [0.2, 0.25) is 15.9 Å². The highest BCUT2D eigenvalue weighted by molar-refractivity contribution is 14.1. The summed E-state index contributed by atoms with van der Waals surface area (Å²) in [5, 5.41) is 10.7. The maximum Gasteiger partial charge on any atom is 0.243 e. The van der Waals surface area contributed by atoms with Gasteiger partial charge in [-0.05, 0) is 71.1 Å². The van der Waals surface area contributed by atoms with E-state index in [1.807, 2.05) is 24.3 Å². The van der Waals surface area contributed by atoms with Gasteiger partial charge < -0.3 is 10.6 Å². The fraction of sp³-hybridized carbons (Fsp3) is 0.0714. The van der Waals surface area contributed by atoms with Gasteiger partial charge in [-0.3, -0.25) is 4.79 Å². The summed E-state index contributed by atoms with van der Waals surface area (Å²) < 4.78 is 23.4. The topological polar surface area (TPSA) is 101 Å². The van der Waals surface area contributed by atoms with E-state index in [0.29, 0.717) is 5.69 Å². The highest BCUT2D eigenvalue weighted by Gasteiger charge is 2.08. The van der Waals surface area contributed by atoms with Crippen LogP contribution in [0.25, 0.3) is 0 Å². The van der Waals surface area contributed by atoms with E-state index in [2.05, 4.69) is 33.2 Å². The van der Waals surface area contributed by atoms with Crippen LogP contribution in [0.1, 0.15) is 0 Å². The number of carbonyl (C=O) groups excluding carboxylic acids is 1. The second-order valence-corrected chi connectivity index (χ2v) is 7.29. The van der Waals surface area contributed by atoms with Gasteiger partial charge >= 0.3 is 0 Å². The fourth-order valence-electron chi connectivity index (χ4n) is 1.68. The molecule has 1 amide bonds. The van der Waals surface area contributed by atoms with E-state index in [9.17, 15) is 13.2 Å². The van der Waals surface area contributed by atoms with Crippen LogP contribution in [0.4, 0.5) is 11.4 Å². The third-order valence-electron chi connectivity index (χ3n) is 2.76. The number of carbonyl (C=O) groups is 1. The van der Waals surface area contributed by atoms with Gasteiger partial charge in [-0.1, -0.05) is 0 Å². The minimum Gasteiger partial charge on any atom is -0.376 e. The summed E-state index contributed by atoms with van der Waals surface area (Å²) in [5.41, 5.74) is 1.35. The van der Waals surface area contributed by atoms with Gasteiger partial charge in [-0.2, -0.15) is 0 Å². The van der Waals surface area contributed by atoms with E-state index < -0.39 is 10.0 Å². The summed E-state index contributed by atoms with van der Waals surface area (Å²) in [6.07, 6.45) is 0. The van der Waals surface area contributed by atoms with Crippen LogP contribution in [-0.2, 0) is 14.8 Å². The number of rotatable bonds is 5. The van der Waals surface area contributed by atoms with Gasteiger partial charge in [0.1, 0.15) is 0 Å². The predicted molar refractivity (Wildman–Crippen MR) is 94.1 cm³/mol.